The minimum atomic E-state index is -0.661. The minimum Gasteiger partial charge on any atom is -0.465 e. The third kappa shape index (κ3) is 3.67. The van der Waals surface area contributed by atoms with Gasteiger partial charge in [0.1, 0.15) is 0 Å². The number of nitrogens with two attached hydrogens (primary N) is 1. The van der Waals surface area contributed by atoms with E-state index in [9.17, 15) is 9.59 Å². The van der Waals surface area contributed by atoms with Crippen LogP contribution in [0.2, 0.25) is 0 Å². The summed E-state index contributed by atoms with van der Waals surface area (Å²) in [5.41, 5.74) is 6.27. The second-order valence-electron chi connectivity index (χ2n) is 3.90. The van der Waals surface area contributed by atoms with Crippen molar-refractivity contribution in [2.24, 2.45) is 10.9 Å². The lowest BCUT2D eigenvalue weighted by molar-refractivity contribution is 0.0514. The number of carbonyl (C=O) groups excluding carboxylic acids is 2. The molecule has 0 unspecified atom stereocenters. The summed E-state index contributed by atoms with van der Waals surface area (Å²) in [6, 6.07) is 9.42. The van der Waals surface area contributed by atoms with E-state index in [0.717, 1.165) is 0 Å². The van der Waals surface area contributed by atoms with Crippen molar-refractivity contribution in [3.05, 3.63) is 57.8 Å². The molecule has 21 heavy (non-hydrogen) atoms. The lowest BCUT2D eigenvalue weighted by Gasteiger charge is -2.01. The van der Waals surface area contributed by atoms with Crippen molar-refractivity contribution in [1.82, 2.24) is 0 Å². The highest BCUT2D eigenvalue weighted by molar-refractivity contribution is 7.12. The van der Waals surface area contributed by atoms with E-state index in [1.54, 1.807) is 6.07 Å². The number of thiophene rings is 1. The van der Waals surface area contributed by atoms with Crippen molar-refractivity contribution in [1.29, 1.82) is 0 Å². The molecule has 2 rings (SSSR count). The van der Waals surface area contributed by atoms with Crippen LogP contribution >= 0.6 is 11.3 Å². The van der Waals surface area contributed by atoms with Gasteiger partial charge in [-0.25, -0.2) is 9.59 Å². The molecule has 0 saturated heterocycles. The van der Waals surface area contributed by atoms with Gasteiger partial charge in [-0.2, -0.15) is 0 Å². The molecule has 0 aliphatic heterocycles. The number of oxime groups is 1. The quantitative estimate of drug-likeness (QED) is 0.307. The second kappa shape index (κ2) is 6.67. The molecule has 0 bridgehead atoms. The number of rotatable bonds is 4. The average molecular weight is 304 g/mol. The first-order chi connectivity index (χ1) is 10.1. The van der Waals surface area contributed by atoms with E-state index >= 15 is 0 Å². The molecule has 0 radical (unpaired) electrons. The lowest BCUT2D eigenvalue weighted by atomic mass is 10.1. The molecule has 2 N–H and O–H groups in total. The number of benzene rings is 1. The third-order valence-corrected chi connectivity index (χ3v) is 3.43. The van der Waals surface area contributed by atoms with Gasteiger partial charge in [0.25, 0.3) is 0 Å². The van der Waals surface area contributed by atoms with Crippen LogP contribution in [0.15, 0.2) is 46.9 Å². The van der Waals surface area contributed by atoms with Crippen LogP contribution in [0, 0.1) is 0 Å². The van der Waals surface area contributed by atoms with Crippen molar-refractivity contribution in [3.63, 3.8) is 0 Å². The monoisotopic (exact) mass is 304 g/mol. The molecule has 0 aliphatic carbocycles. The van der Waals surface area contributed by atoms with Crippen LogP contribution in [0.5, 0.6) is 0 Å². The van der Waals surface area contributed by atoms with Crippen LogP contribution in [-0.4, -0.2) is 24.9 Å². The highest BCUT2D eigenvalue weighted by atomic mass is 32.1. The molecular formula is C14H12N2O4S. The van der Waals surface area contributed by atoms with Crippen LogP contribution in [0.1, 0.15) is 25.6 Å². The van der Waals surface area contributed by atoms with Crippen molar-refractivity contribution >= 4 is 29.1 Å². The Bertz CT molecular complexity index is 663. The SMILES string of the molecule is COC(=O)c1ccc(C(=O)O/N=C(\N)c2cccs2)cc1. The molecule has 6 nitrogen and oxygen atoms in total. The number of methoxy groups -OCH3 is 1. The maximum atomic E-state index is 11.8. The lowest BCUT2D eigenvalue weighted by Crippen LogP contribution is -2.13. The van der Waals surface area contributed by atoms with E-state index in [2.05, 4.69) is 9.89 Å². The van der Waals surface area contributed by atoms with E-state index in [4.69, 9.17) is 10.6 Å². The minimum absolute atomic E-state index is 0.129. The second-order valence-corrected chi connectivity index (χ2v) is 4.85. The fourth-order valence-corrected chi connectivity index (χ4v) is 2.09. The zero-order valence-electron chi connectivity index (χ0n) is 11.1. The molecule has 0 aliphatic rings. The van der Waals surface area contributed by atoms with E-state index in [0.29, 0.717) is 10.4 Å². The third-order valence-electron chi connectivity index (χ3n) is 2.54. The summed E-state index contributed by atoms with van der Waals surface area (Å²) in [4.78, 5) is 28.5. The summed E-state index contributed by atoms with van der Waals surface area (Å²) in [5, 5.41) is 5.42. The largest absolute Gasteiger partial charge is 0.465 e. The summed E-state index contributed by atoms with van der Waals surface area (Å²) < 4.78 is 4.56. The standard InChI is InChI=1S/C14H12N2O4S/c1-19-13(17)9-4-6-10(7-5-9)14(18)20-16-12(15)11-3-2-8-21-11/h2-8H,1H3,(H2,15,16). The van der Waals surface area contributed by atoms with E-state index in [1.807, 2.05) is 11.4 Å². The van der Waals surface area contributed by atoms with Crippen molar-refractivity contribution in [2.75, 3.05) is 7.11 Å². The van der Waals surface area contributed by atoms with Gasteiger partial charge in [-0.05, 0) is 35.7 Å². The fraction of sp³-hybridized carbons (Fsp3) is 0.0714. The predicted molar refractivity (Wildman–Crippen MR) is 78.2 cm³/mol. The molecule has 1 aromatic carbocycles. The number of hydrogen-bond acceptors (Lipinski definition) is 6. The maximum Gasteiger partial charge on any atom is 0.365 e. The Kier molecular flexibility index (Phi) is 4.68. The van der Waals surface area contributed by atoms with Crippen LogP contribution < -0.4 is 5.73 Å². The number of nitrogens with zero attached hydrogens (tertiary/aromatic N) is 1. The Balaban J connectivity index is 2.04. The molecule has 0 fully saturated rings. The van der Waals surface area contributed by atoms with Gasteiger partial charge >= 0.3 is 11.9 Å². The highest BCUT2D eigenvalue weighted by Gasteiger charge is 2.10. The Morgan fingerprint density at radius 1 is 1.10 bits per heavy atom. The molecule has 1 heterocycles. The normalized spacial score (nSPS) is 11.0. The molecular weight excluding hydrogens is 292 g/mol. The van der Waals surface area contributed by atoms with E-state index in [-0.39, 0.29) is 11.4 Å². The Morgan fingerprint density at radius 3 is 2.24 bits per heavy atom. The summed E-state index contributed by atoms with van der Waals surface area (Å²) in [5.74, 6) is -1.01. The first-order valence-electron chi connectivity index (χ1n) is 5.89. The van der Waals surface area contributed by atoms with E-state index < -0.39 is 11.9 Å². The van der Waals surface area contributed by atoms with Crippen LogP contribution in [0.3, 0.4) is 0 Å². The summed E-state index contributed by atoms with van der Waals surface area (Å²) >= 11 is 1.39. The number of carbonyl (C=O) groups is 2. The van der Waals surface area contributed by atoms with Gasteiger partial charge < -0.3 is 15.3 Å². The molecule has 0 amide bonds. The Hall–Kier alpha value is -2.67. The van der Waals surface area contributed by atoms with Gasteiger partial charge in [0.2, 0.25) is 0 Å². The molecule has 0 spiro atoms. The summed E-state index contributed by atoms with van der Waals surface area (Å²) in [6.07, 6.45) is 0. The van der Waals surface area contributed by atoms with Gasteiger partial charge in [-0.1, -0.05) is 11.2 Å². The molecule has 7 heteroatoms. The predicted octanol–water partition coefficient (Wildman–Crippen LogP) is 2.01. The number of esters is 1. The fourth-order valence-electron chi connectivity index (χ4n) is 1.47. The number of ether oxygens (including phenoxy) is 1. The van der Waals surface area contributed by atoms with Gasteiger partial charge in [-0.15, -0.1) is 11.3 Å². The van der Waals surface area contributed by atoms with Crippen molar-refractivity contribution < 1.29 is 19.2 Å². The number of hydrogen-bond donors (Lipinski definition) is 1. The first-order valence-corrected chi connectivity index (χ1v) is 6.77. The smallest absolute Gasteiger partial charge is 0.365 e. The zero-order chi connectivity index (χ0) is 15.2. The molecule has 0 saturated carbocycles. The molecule has 2 aromatic rings. The average Bonchev–Trinajstić information content (AvgIpc) is 3.06. The van der Waals surface area contributed by atoms with Crippen molar-refractivity contribution in [3.8, 4) is 0 Å². The molecule has 1 aromatic heterocycles. The van der Waals surface area contributed by atoms with Crippen LogP contribution in [0.4, 0.5) is 0 Å². The number of amidine groups is 1. The molecule has 108 valence electrons. The molecule has 0 atom stereocenters. The van der Waals surface area contributed by atoms with Gasteiger partial charge in [-0.3, -0.25) is 0 Å². The maximum absolute atomic E-state index is 11.8. The zero-order valence-corrected chi connectivity index (χ0v) is 11.9. The topological polar surface area (TPSA) is 91.0 Å². The van der Waals surface area contributed by atoms with Crippen molar-refractivity contribution in [2.45, 2.75) is 0 Å². The van der Waals surface area contributed by atoms with E-state index in [1.165, 1.54) is 42.7 Å². The highest BCUT2D eigenvalue weighted by Crippen LogP contribution is 2.10. The van der Waals surface area contributed by atoms with Gasteiger partial charge in [0.15, 0.2) is 5.84 Å². The first kappa shape index (κ1) is 14.7. The van der Waals surface area contributed by atoms with Crippen LogP contribution in [-0.2, 0) is 9.57 Å². The van der Waals surface area contributed by atoms with Crippen LogP contribution in [0.25, 0.3) is 0 Å². The summed E-state index contributed by atoms with van der Waals surface area (Å²) in [7, 11) is 1.28. The summed E-state index contributed by atoms with van der Waals surface area (Å²) in [6.45, 7) is 0. The van der Waals surface area contributed by atoms with Gasteiger partial charge in [0.05, 0.1) is 23.1 Å². The van der Waals surface area contributed by atoms with Gasteiger partial charge in [0, 0.05) is 0 Å². The Labute approximate surface area is 124 Å². The Morgan fingerprint density at radius 2 is 1.71 bits per heavy atom.